The van der Waals surface area contributed by atoms with Gasteiger partial charge in [-0.3, -0.25) is 0 Å². The lowest BCUT2D eigenvalue weighted by molar-refractivity contribution is 0.126. The van der Waals surface area contributed by atoms with Gasteiger partial charge in [0, 0.05) is 12.0 Å². The monoisotopic (exact) mass is 205 g/mol. The van der Waals surface area contributed by atoms with Crippen LogP contribution in [0.4, 0.5) is 0 Å². The summed E-state index contributed by atoms with van der Waals surface area (Å²) in [6.07, 6.45) is 0.478. The van der Waals surface area contributed by atoms with E-state index in [0.717, 1.165) is 6.42 Å². The van der Waals surface area contributed by atoms with Crippen LogP contribution in [0.2, 0.25) is 0 Å². The third kappa shape index (κ3) is 2.21. The van der Waals surface area contributed by atoms with E-state index in [4.69, 9.17) is 0 Å². The van der Waals surface area contributed by atoms with Crippen molar-refractivity contribution in [3.8, 4) is 0 Å². The van der Waals surface area contributed by atoms with Gasteiger partial charge in [0.05, 0.1) is 12.1 Å². The van der Waals surface area contributed by atoms with E-state index in [-0.39, 0.29) is 17.7 Å². The van der Waals surface area contributed by atoms with E-state index in [9.17, 15) is 5.11 Å². The molecule has 2 unspecified atom stereocenters. The second-order valence-corrected chi connectivity index (χ2v) is 5.34. The van der Waals surface area contributed by atoms with Gasteiger partial charge in [-0.1, -0.05) is 24.3 Å². The first-order valence-electron chi connectivity index (χ1n) is 5.51. The van der Waals surface area contributed by atoms with Gasteiger partial charge in [0.15, 0.2) is 0 Å². The minimum absolute atomic E-state index is 0.0309. The first kappa shape index (κ1) is 10.7. The second kappa shape index (κ2) is 3.62. The van der Waals surface area contributed by atoms with E-state index in [1.807, 2.05) is 12.1 Å². The maximum atomic E-state index is 10.0. The minimum Gasteiger partial charge on any atom is -0.391 e. The highest BCUT2D eigenvalue weighted by Crippen LogP contribution is 2.32. The van der Waals surface area contributed by atoms with Crippen molar-refractivity contribution in [2.75, 3.05) is 0 Å². The summed E-state index contributed by atoms with van der Waals surface area (Å²) in [5.41, 5.74) is 2.55. The van der Waals surface area contributed by atoms with E-state index >= 15 is 0 Å². The Labute approximate surface area is 91.3 Å². The molecule has 2 atom stereocenters. The van der Waals surface area contributed by atoms with Crippen molar-refractivity contribution in [2.45, 2.75) is 44.9 Å². The van der Waals surface area contributed by atoms with Crippen LogP contribution in [0.1, 0.15) is 37.9 Å². The molecule has 0 fully saturated rings. The van der Waals surface area contributed by atoms with E-state index in [1.165, 1.54) is 11.1 Å². The predicted octanol–water partition coefficient (Wildman–Crippen LogP) is 2.03. The van der Waals surface area contributed by atoms with Crippen molar-refractivity contribution in [1.82, 2.24) is 5.32 Å². The third-order valence-electron chi connectivity index (χ3n) is 2.79. The Morgan fingerprint density at radius 3 is 2.60 bits per heavy atom. The maximum Gasteiger partial charge on any atom is 0.0775 e. The summed E-state index contributed by atoms with van der Waals surface area (Å²) in [6, 6.07) is 8.36. The molecule has 0 saturated carbocycles. The van der Waals surface area contributed by atoms with Crippen LogP contribution in [-0.4, -0.2) is 16.7 Å². The molecule has 1 aliphatic rings. The van der Waals surface area contributed by atoms with Crippen LogP contribution in [0.3, 0.4) is 0 Å². The predicted molar refractivity (Wildman–Crippen MR) is 61.8 cm³/mol. The van der Waals surface area contributed by atoms with Crippen LogP contribution in [0, 0.1) is 0 Å². The van der Waals surface area contributed by atoms with Crippen molar-refractivity contribution in [2.24, 2.45) is 0 Å². The van der Waals surface area contributed by atoms with Crippen LogP contribution in [0.15, 0.2) is 24.3 Å². The molecule has 0 radical (unpaired) electrons. The number of fused-ring (bicyclic) bond motifs is 1. The lowest BCUT2D eigenvalue weighted by Gasteiger charge is -2.28. The minimum atomic E-state index is -0.290. The standard InChI is InChI=1S/C13H19NO/c1-13(2,3)14-12-10-7-5-4-6-9(10)8-11(12)15/h4-7,11-12,14-15H,8H2,1-3H3. The molecule has 0 bridgehead atoms. The van der Waals surface area contributed by atoms with Crippen LogP contribution in [0.25, 0.3) is 0 Å². The van der Waals surface area contributed by atoms with Crippen LogP contribution >= 0.6 is 0 Å². The van der Waals surface area contributed by atoms with Crippen LogP contribution in [-0.2, 0) is 6.42 Å². The third-order valence-corrected chi connectivity index (χ3v) is 2.79. The molecule has 1 aromatic rings. The number of hydrogen-bond donors (Lipinski definition) is 2. The van der Waals surface area contributed by atoms with Crippen molar-refractivity contribution >= 4 is 0 Å². The average molecular weight is 205 g/mol. The summed E-state index contributed by atoms with van der Waals surface area (Å²) >= 11 is 0. The molecule has 2 nitrogen and oxygen atoms in total. The molecule has 0 amide bonds. The number of hydrogen-bond acceptors (Lipinski definition) is 2. The number of benzene rings is 1. The van der Waals surface area contributed by atoms with Gasteiger partial charge in [0.2, 0.25) is 0 Å². The average Bonchev–Trinajstić information content (AvgIpc) is 2.41. The second-order valence-electron chi connectivity index (χ2n) is 5.34. The quantitative estimate of drug-likeness (QED) is 0.735. The molecular formula is C13H19NO. The van der Waals surface area contributed by atoms with Gasteiger partial charge in [0.1, 0.15) is 0 Å². The summed E-state index contributed by atoms with van der Waals surface area (Å²) in [7, 11) is 0. The van der Waals surface area contributed by atoms with E-state index in [2.05, 4.69) is 38.2 Å². The van der Waals surface area contributed by atoms with Crippen molar-refractivity contribution in [3.63, 3.8) is 0 Å². The van der Waals surface area contributed by atoms with E-state index in [1.54, 1.807) is 0 Å². The van der Waals surface area contributed by atoms with Gasteiger partial charge in [-0.2, -0.15) is 0 Å². The zero-order chi connectivity index (χ0) is 11.1. The molecule has 0 aromatic heterocycles. The van der Waals surface area contributed by atoms with Gasteiger partial charge in [-0.05, 0) is 31.9 Å². The molecular weight excluding hydrogens is 186 g/mol. The number of rotatable bonds is 1. The largest absolute Gasteiger partial charge is 0.391 e. The molecule has 0 spiro atoms. The highest BCUT2D eigenvalue weighted by Gasteiger charge is 2.32. The Morgan fingerprint density at radius 1 is 1.27 bits per heavy atom. The van der Waals surface area contributed by atoms with Crippen molar-refractivity contribution in [1.29, 1.82) is 0 Å². The van der Waals surface area contributed by atoms with Gasteiger partial charge < -0.3 is 10.4 Å². The number of aliphatic hydroxyl groups is 1. The number of nitrogens with one attached hydrogen (secondary N) is 1. The van der Waals surface area contributed by atoms with E-state index < -0.39 is 0 Å². The lowest BCUT2D eigenvalue weighted by atomic mass is 10.0. The number of aliphatic hydroxyl groups excluding tert-OH is 1. The summed E-state index contributed by atoms with van der Waals surface area (Å²) < 4.78 is 0. The molecule has 0 aliphatic heterocycles. The molecule has 1 aliphatic carbocycles. The summed E-state index contributed by atoms with van der Waals surface area (Å²) in [6.45, 7) is 6.38. The van der Waals surface area contributed by atoms with Crippen LogP contribution in [0.5, 0.6) is 0 Å². The van der Waals surface area contributed by atoms with Gasteiger partial charge >= 0.3 is 0 Å². The first-order valence-corrected chi connectivity index (χ1v) is 5.51. The topological polar surface area (TPSA) is 32.3 Å². The Hall–Kier alpha value is -0.860. The SMILES string of the molecule is CC(C)(C)NC1c2ccccc2CC1O. The smallest absolute Gasteiger partial charge is 0.0775 e. The molecule has 2 heteroatoms. The molecule has 0 saturated heterocycles. The molecule has 0 heterocycles. The lowest BCUT2D eigenvalue weighted by Crippen LogP contribution is -2.42. The molecule has 15 heavy (non-hydrogen) atoms. The van der Waals surface area contributed by atoms with Gasteiger partial charge in [0.25, 0.3) is 0 Å². The van der Waals surface area contributed by atoms with Crippen molar-refractivity contribution in [3.05, 3.63) is 35.4 Å². The summed E-state index contributed by atoms with van der Waals surface area (Å²) in [5, 5.41) is 13.5. The fourth-order valence-electron chi connectivity index (χ4n) is 2.21. The molecule has 2 N–H and O–H groups in total. The Kier molecular flexibility index (Phi) is 2.57. The normalized spacial score (nSPS) is 25.3. The Morgan fingerprint density at radius 2 is 1.93 bits per heavy atom. The zero-order valence-corrected chi connectivity index (χ0v) is 9.62. The molecule has 82 valence electrons. The van der Waals surface area contributed by atoms with Gasteiger partial charge in [-0.15, -0.1) is 0 Å². The Balaban J connectivity index is 2.26. The first-order chi connectivity index (χ1) is 6.97. The highest BCUT2D eigenvalue weighted by molar-refractivity contribution is 5.36. The fourth-order valence-corrected chi connectivity index (χ4v) is 2.21. The van der Waals surface area contributed by atoms with Gasteiger partial charge in [-0.25, -0.2) is 0 Å². The summed E-state index contributed by atoms with van der Waals surface area (Å²) in [4.78, 5) is 0. The summed E-state index contributed by atoms with van der Waals surface area (Å²) in [5.74, 6) is 0. The maximum absolute atomic E-state index is 10.0. The van der Waals surface area contributed by atoms with Crippen molar-refractivity contribution < 1.29 is 5.11 Å². The fraction of sp³-hybridized carbons (Fsp3) is 0.538. The van der Waals surface area contributed by atoms with Crippen LogP contribution < -0.4 is 5.32 Å². The highest BCUT2D eigenvalue weighted by atomic mass is 16.3. The molecule has 1 aromatic carbocycles. The van der Waals surface area contributed by atoms with E-state index in [0.29, 0.717) is 0 Å². The Bertz CT molecular complexity index is 354. The zero-order valence-electron chi connectivity index (χ0n) is 9.62. The molecule has 2 rings (SSSR count).